The minimum absolute atomic E-state index is 0.292. The quantitative estimate of drug-likeness (QED) is 0.208. The molecule has 3 rings (SSSR count). The van der Waals surface area contributed by atoms with Crippen molar-refractivity contribution in [1.82, 2.24) is 4.57 Å². The van der Waals surface area contributed by atoms with Crippen LogP contribution in [0, 0.1) is 38.5 Å². The Labute approximate surface area is 183 Å². The molecular weight excluding hydrogens is 545 g/mol. The number of carboxylic acids is 1. The van der Waals surface area contributed by atoms with Crippen molar-refractivity contribution in [2.45, 2.75) is 0 Å². The first-order valence-electron chi connectivity index (χ1n) is 8.16. The molecule has 5 nitrogen and oxygen atoms in total. The minimum atomic E-state index is -2.45. The molecule has 162 valence electrons. The van der Waals surface area contributed by atoms with E-state index in [-0.39, 0.29) is 5.69 Å². The lowest BCUT2D eigenvalue weighted by Gasteiger charge is -2.18. The molecular formula is C19H9F6IN2O3. The van der Waals surface area contributed by atoms with Gasteiger partial charge in [-0.3, -0.25) is 4.79 Å². The van der Waals surface area contributed by atoms with Crippen molar-refractivity contribution in [3.63, 3.8) is 0 Å². The molecule has 2 N–H and O–H groups in total. The molecule has 0 aliphatic heterocycles. The number of rotatable bonds is 4. The van der Waals surface area contributed by atoms with Gasteiger partial charge in [0, 0.05) is 16.7 Å². The highest BCUT2D eigenvalue weighted by atomic mass is 127. The van der Waals surface area contributed by atoms with Crippen LogP contribution in [0.5, 0.6) is 0 Å². The fraction of sp³-hybridized carbons (Fsp3) is 0.0526. The summed E-state index contributed by atoms with van der Waals surface area (Å²) < 4.78 is 84.8. The van der Waals surface area contributed by atoms with E-state index in [9.17, 15) is 41.0 Å². The summed E-state index contributed by atoms with van der Waals surface area (Å²) in [6.45, 7) is 0. The predicted octanol–water partition coefficient (Wildman–Crippen LogP) is 4.93. The van der Waals surface area contributed by atoms with Gasteiger partial charge in [-0.25, -0.2) is 31.1 Å². The maximum atomic E-state index is 14.4. The number of benzene rings is 2. The summed E-state index contributed by atoms with van der Waals surface area (Å²) in [5.74, 6) is -14.5. The average Bonchev–Trinajstić information content (AvgIpc) is 2.70. The van der Waals surface area contributed by atoms with Crippen LogP contribution < -0.4 is 10.9 Å². The van der Waals surface area contributed by atoms with E-state index in [2.05, 4.69) is 5.32 Å². The van der Waals surface area contributed by atoms with Gasteiger partial charge in [0.2, 0.25) is 5.82 Å². The number of nitrogens with one attached hydrogen (secondary N) is 1. The molecule has 0 bridgehead atoms. The molecule has 31 heavy (non-hydrogen) atoms. The van der Waals surface area contributed by atoms with Crippen molar-refractivity contribution in [3.05, 3.63) is 78.7 Å². The van der Waals surface area contributed by atoms with Gasteiger partial charge < -0.3 is 15.0 Å². The van der Waals surface area contributed by atoms with Gasteiger partial charge in [-0.2, -0.15) is 0 Å². The minimum Gasteiger partial charge on any atom is -0.478 e. The second-order valence-electron chi connectivity index (χ2n) is 6.18. The Morgan fingerprint density at radius 3 is 2.00 bits per heavy atom. The Balaban J connectivity index is 2.41. The fourth-order valence-electron chi connectivity index (χ4n) is 2.85. The van der Waals surface area contributed by atoms with Crippen LogP contribution in [-0.4, -0.2) is 15.6 Å². The van der Waals surface area contributed by atoms with Crippen LogP contribution in [0.4, 0.5) is 37.7 Å². The van der Waals surface area contributed by atoms with E-state index in [1.807, 2.05) is 22.6 Å². The van der Waals surface area contributed by atoms with Crippen LogP contribution >= 0.6 is 22.6 Å². The molecule has 0 unspecified atom stereocenters. The third-order valence-corrected chi connectivity index (χ3v) is 4.97. The van der Waals surface area contributed by atoms with Crippen molar-refractivity contribution in [1.29, 1.82) is 0 Å². The van der Waals surface area contributed by atoms with Gasteiger partial charge in [0.1, 0.15) is 11.4 Å². The first kappa shape index (κ1) is 22.7. The third kappa shape index (κ3) is 3.86. The molecule has 1 aromatic heterocycles. The van der Waals surface area contributed by atoms with Crippen LogP contribution in [0.2, 0.25) is 0 Å². The van der Waals surface area contributed by atoms with E-state index in [1.165, 1.54) is 12.1 Å². The van der Waals surface area contributed by atoms with Crippen molar-refractivity contribution in [3.8, 4) is 11.3 Å². The maximum Gasteiger partial charge on any atom is 0.339 e. The zero-order chi connectivity index (χ0) is 23.2. The summed E-state index contributed by atoms with van der Waals surface area (Å²) >= 11 is 1.81. The third-order valence-electron chi connectivity index (χ3n) is 4.30. The van der Waals surface area contributed by atoms with E-state index in [0.717, 1.165) is 13.1 Å². The lowest BCUT2D eigenvalue weighted by atomic mass is 10.0. The molecule has 3 aromatic rings. The first-order valence-corrected chi connectivity index (χ1v) is 9.24. The topological polar surface area (TPSA) is 71.3 Å². The average molecular weight is 554 g/mol. The molecule has 0 aliphatic carbocycles. The summed E-state index contributed by atoms with van der Waals surface area (Å²) in [5, 5.41) is 12.0. The molecule has 0 amide bonds. The van der Waals surface area contributed by atoms with Gasteiger partial charge in [0.15, 0.2) is 23.3 Å². The van der Waals surface area contributed by atoms with Crippen molar-refractivity contribution >= 4 is 39.9 Å². The van der Waals surface area contributed by atoms with E-state index in [1.54, 1.807) is 0 Å². The normalized spacial score (nSPS) is 11.0. The van der Waals surface area contributed by atoms with E-state index in [0.29, 0.717) is 14.2 Å². The number of hydrogen-bond donors (Lipinski definition) is 2. The predicted molar refractivity (Wildman–Crippen MR) is 106 cm³/mol. The molecule has 0 radical (unpaired) electrons. The van der Waals surface area contributed by atoms with Crippen LogP contribution in [0.3, 0.4) is 0 Å². The van der Waals surface area contributed by atoms with Gasteiger partial charge in [0.05, 0.1) is 22.6 Å². The Hall–Kier alpha value is -3.03. The molecule has 0 saturated carbocycles. The largest absolute Gasteiger partial charge is 0.478 e. The zero-order valence-corrected chi connectivity index (χ0v) is 17.3. The highest BCUT2D eigenvalue weighted by Crippen LogP contribution is 2.36. The van der Waals surface area contributed by atoms with Gasteiger partial charge in [0.25, 0.3) is 5.56 Å². The SMILES string of the molecule is Cn1c(-c2c(F)c(F)c(F)c(F)c2F)c(C(=O)O)c(Nc2ccc(I)cc2F)cc1=O. The smallest absolute Gasteiger partial charge is 0.339 e. The highest BCUT2D eigenvalue weighted by molar-refractivity contribution is 14.1. The molecule has 0 fully saturated rings. The number of pyridine rings is 1. The lowest BCUT2D eigenvalue weighted by molar-refractivity contribution is 0.0698. The second-order valence-corrected chi connectivity index (χ2v) is 7.42. The zero-order valence-electron chi connectivity index (χ0n) is 15.2. The number of carbonyl (C=O) groups is 1. The van der Waals surface area contributed by atoms with Gasteiger partial charge in [-0.05, 0) is 40.8 Å². The van der Waals surface area contributed by atoms with Crippen LogP contribution in [-0.2, 0) is 7.05 Å². The molecule has 0 spiro atoms. The molecule has 1 heterocycles. The summed E-state index contributed by atoms with van der Waals surface area (Å²) in [4.78, 5) is 24.2. The van der Waals surface area contributed by atoms with Crippen LogP contribution in [0.25, 0.3) is 11.3 Å². The number of halogens is 7. The number of nitrogens with zero attached hydrogens (tertiary/aromatic N) is 1. The van der Waals surface area contributed by atoms with Gasteiger partial charge in [-0.1, -0.05) is 0 Å². The summed E-state index contributed by atoms with van der Waals surface area (Å²) in [5.41, 5.74) is -5.68. The Kier molecular flexibility index (Phi) is 6.02. The Bertz CT molecular complexity index is 1280. The lowest BCUT2D eigenvalue weighted by Crippen LogP contribution is -2.24. The number of carboxylic acid groups (broad SMARTS) is 1. The van der Waals surface area contributed by atoms with Gasteiger partial charge >= 0.3 is 5.97 Å². The van der Waals surface area contributed by atoms with Crippen molar-refractivity contribution in [2.24, 2.45) is 7.05 Å². The van der Waals surface area contributed by atoms with E-state index in [4.69, 9.17) is 0 Å². The Morgan fingerprint density at radius 2 is 1.48 bits per heavy atom. The highest BCUT2D eigenvalue weighted by Gasteiger charge is 2.32. The molecule has 2 aromatic carbocycles. The van der Waals surface area contributed by atoms with E-state index < -0.39 is 68.9 Å². The monoisotopic (exact) mass is 554 g/mol. The standard InChI is InChI=1S/C19H9F6IN2O3/c1-28-10(29)5-9(27-8-3-2-6(26)4-7(8)20)11(19(30)31)18(28)12-13(21)15(23)17(25)16(24)14(12)22/h2-5,27H,1H3,(H,30,31). The molecule has 12 heteroatoms. The number of anilines is 2. The number of aromatic carboxylic acids is 1. The van der Waals surface area contributed by atoms with E-state index >= 15 is 0 Å². The summed E-state index contributed by atoms with van der Waals surface area (Å²) in [7, 11) is 0.886. The summed E-state index contributed by atoms with van der Waals surface area (Å²) in [6.07, 6.45) is 0. The number of aromatic nitrogens is 1. The molecule has 0 saturated heterocycles. The second kappa shape index (κ2) is 8.24. The van der Waals surface area contributed by atoms with Crippen molar-refractivity contribution in [2.75, 3.05) is 5.32 Å². The number of hydrogen-bond acceptors (Lipinski definition) is 3. The van der Waals surface area contributed by atoms with Crippen LogP contribution in [0.15, 0.2) is 29.1 Å². The van der Waals surface area contributed by atoms with Crippen molar-refractivity contribution < 1.29 is 36.2 Å². The Morgan fingerprint density at radius 1 is 0.935 bits per heavy atom. The summed E-state index contributed by atoms with van der Waals surface area (Å²) in [6, 6.07) is 4.42. The van der Waals surface area contributed by atoms with Gasteiger partial charge in [-0.15, -0.1) is 0 Å². The fourth-order valence-corrected chi connectivity index (χ4v) is 3.31. The first-order chi connectivity index (χ1) is 14.5. The van der Waals surface area contributed by atoms with Crippen LogP contribution in [0.1, 0.15) is 10.4 Å². The molecule has 0 atom stereocenters. The maximum absolute atomic E-state index is 14.4. The molecule has 0 aliphatic rings.